The minimum absolute atomic E-state index is 0.151. The van der Waals surface area contributed by atoms with Crippen LogP contribution in [0, 0.1) is 20.8 Å². The maximum absolute atomic E-state index is 13.1. The molecule has 0 heterocycles. The van der Waals surface area contributed by atoms with Crippen molar-refractivity contribution in [2.24, 2.45) is 0 Å². The van der Waals surface area contributed by atoms with E-state index in [1.54, 1.807) is 4.90 Å². The van der Waals surface area contributed by atoms with Crippen LogP contribution in [-0.4, -0.2) is 35.9 Å². The van der Waals surface area contributed by atoms with Gasteiger partial charge in [-0.15, -0.1) is 0 Å². The number of halogens is 1. The molecule has 0 spiro atoms. The Morgan fingerprint density at radius 1 is 1.10 bits per heavy atom. The number of amides is 2. The molecule has 162 valence electrons. The number of hydrogen-bond donors (Lipinski definition) is 1. The van der Waals surface area contributed by atoms with Gasteiger partial charge in [0, 0.05) is 18.1 Å². The van der Waals surface area contributed by atoms with E-state index < -0.39 is 6.04 Å². The summed E-state index contributed by atoms with van der Waals surface area (Å²) < 4.78 is 5.78. The van der Waals surface area contributed by atoms with Crippen LogP contribution < -0.4 is 10.1 Å². The third-order valence-corrected chi connectivity index (χ3v) is 5.54. The lowest BCUT2D eigenvalue weighted by Crippen LogP contribution is -2.50. The van der Waals surface area contributed by atoms with Gasteiger partial charge in [-0.2, -0.15) is 0 Å². The highest BCUT2D eigenvalue weighted by Gasteiger charge is 2.28. The molecule has 2 amide bonds. The molecule has 2 aromatic carbocycles. The zero-order chi connectivity index (χ0) is 22.3. The van der Waals surface area contributed by atoms with Crippen LogP contribution >= 0.6 is 11.6 Å². The second-order valence-corrected chi connectivity index (χ2v) is 7.87. The molecule has 0 saturated heterocycles. The van der Waals surface area contributed by atoms with Crippen LogP contribution in [0.1, 0.15) is 42.5 Å². The van der Waals surface area contributed by atoms with Crippen LogP contribution in [0.5, 0.6) is 5.75 Å². The van der Waals surface area contributed by atoms with E-state index in [1.807, 2.05) is 71.0 Å². The van der Waals surface area contributed by atoms with Crippen molar-refractivity contribution in [1.29, 1.82) is 0 Å². The standard InChI is InChI=1S/C24H31ClN2O3/c1-6-21(24(29)26-7-2)27(14-19-10-8-9-16(3)11-19)22(28)15-30-20-12-17(4)23(25)18(5)13-20/h8-13,21H,6-7,14-15H2,1-5H3,(H,26,29)/t21-/m0/s1. The number of ether oxygens (including phenoxy) is 1. The second kappa shape index (κ2) is 11.0. The number of hydrogen-bond acceptors (Lipinski definition) is 3. The molecule has 0 aliphatic rings. The molecule has 0 aliphatic heterocycles. The molecular weight excluding hydrogens is 400 g/mol. The van der Waals surface area contributed by atoms with E-state index in [0.29, 0.717) is 30.3 Å². The highest BCUT2D eigenvalue weighted by molar-refractivity contribution is 6.32. The van der Waals surface area contributed by atoms with Crippen molar-refractivity contribution >= 4 is 23.4 Å². The molecule has 5 nitrogen and oxygen atoms in total. The molecule has 0 saturated carbocycles. The Labute approximate surface area is 184 Å². The maximum atomic E-state index is 13.1. The van der Waals surface area contributed by atoms with Crippen LogP contribution in [0.25, 0.3) is 0 Å². The fourth-order valence-electron chi connectivity index (χ4n) is 3.44. The minimum Gasteiger partial charge on any atom is -0.484 e. The summed E-state index contributed by atoms with van der Waals surface area (Å²) in [5.74, 6) is 0.198. The highest BCUT2D eigenvalue weighted by Crippen LogP contribution is 2.26. The van der Waals surface area contributed by atoms with Crippen molar-refractivity contribution in [3.8, 4) is 5.75 Å². The lowest BCUT2D eigenvalue weighted by atomic mass is 10.1. The summed E-state index contributed by atoms with van der Waals surface area (Å²) in [6.07, 6.45) is 0.516. The van der Waals surface area contributed by atoms with E-state index in [4.69, 9.17) is 16.3 Å². The van der Waals surface area contributed by atoms with Crippen LogP contribution in [0.4, 0.5) is 0 Å². The number of aryl methyl sites for hydroxylation is 3. The molecule has 0 bridgehead atoms. The largest absolute Gasteiger partial charge is 0.484 e. The van der Waals surface area contributed by atoms with Gasteiger partial charge >= 0.3 is 0 Å². The van der Waals surface area contributed by atoms with Crippen molar-refractivity contribution in [2.45, 2.75) is 53.6 Å². The molecule has 30 heavy (non-hydrogen) atoms. The van der Waals surface area contributed by atoms with Crippen LogP contribution in [0.15, 0.2) is 36.4 Å². The average molecular weight is 431 g/mol. The van der Waals surface area contributed by atoms with Crippen LogP contribution in [0.2, 0.25) is 5.02 Å². The molecule has 2 rings (SSSR count). The fraction of sp³-hybridized carbons (Fsp3) is 0.417. The average Bonchev–Trinajstić information content (AvgIpc) is 2.70. The fourth-order valence-corrected chi connectivity index (χ4v) is 3.55. The topological polar surface area (TPSA) is 58.6 Å². The molecule has 6 heteroatoms. The summed E-state index contributed by atoms with van der Waals surface area (Å²) in [7, 11) is 0. The highest BCUT2D eigenvalue weighted by atomic mass is 35.5. The summed E-state index contributed by atoms with van der Waals surface area (Å²) in [6.45, 7) is 10.3. The Balaban J connectivity index is 2.23. The Morgan fingerprint density at radius 3 is 2.33 bits per heavy atom. The Hall–Kier alpha value is -2.53. The monoisotopic (exact) mass is 430 g/mol. The summed E-state index contributed by atoms with van der Waals surface area (Å²) >= 11 is 6.22. The van der Waals surface area contributed by atoms with Gasteiger partial charge in [0.05, 0.1) is 0 Å². The zero-order valence-corrected chi connectivity index (χ0v) is 19.2. The lowest BCUT2D eigenvalue weighted by Gasteiger charge is -2.30. The lowest BCUT2D eigenvalue weighted by molar-refractivity contribution is -0.142. The molecule has 1 atom stereocenters. The van der Waals surface area contributed by atoms with Gasteiger partial charge in [0.15, 0.2) is 6.61 Å². The summed E-state index contributed by atoms with van der Waals surface area (Å²) in [4.78, 5) is 27.4. The van der Waals surface area contributed by atoms with E-state index in [2.05, 4.69) is 5.32 Å². The van der Waals surface area contributed by atoms with E-state index in [0.717, 1.165) is 22.3 Å². The quantitative estimate of drug-likeness (QED) is 0.633. The molecule has 0 radical (unpaired) electrons. The van der Waals surface area contributed by atoms with Gasteiger partial charge in [0.1, 0.15) is 11.8 Å². The second-order valence-electron chi connectivity index (χ2n) is 7.49. The van der Waals surface area contributed by atoms with Gasteiger partial charge in [0.25, 0.3) is 5.91 Å². The van der Waals surface area contributed by atoms with Crippen LogP contribution in [-0.2, 0) is 16.1 Å². The number of likely N-dealkylation sites (N-methyl/N-ethyl adjacent to an activating group) is 1. The first-order valence-corrected chi connectivity index (χ1v) is 10.7. The Kier molecular flexibility index (Phi) is 8.72. The van der Waals surface area contributed by atoms with Crippen LogP contribution in [0.3, 0.4) is 0 Å². The minimum atomic E-state index is -0.560. The van der Waals surface area contributed by atoms with Gasteiger partial charge in [-0.3, -0.25) is 9.59 Å². The van der Waals surface area contributed by atoms with Gasteiger partial charge in [-0.25, -0.2) is 0 Å². The summed E-state index contributed by atoms with van der Waals surface area (Å²) in [5.41, 5.74) is 3.87. The zero-order valence-electron chi connectivity index (χ0n) is 18.4. The first-order valence-electron chi connectivity index (χ1n) is 10.3. The van der Waals surface area contributed by atoms with Crippen molar-refractivity contribution in [3.05, 3.63) is 63.7 Å². The van der Waals surface area contributed by atoms with E-state index in [1.165, 1.54) is 0 Å². The third-order valence-electron chi connectivity index (χ3n) is 4.94. The summed E-state index contributed by atoms with van der Waals surface area (Å²) in [5, 5.41) is 3.53. The van der Waals surface area contributed by atoms with E-state index in [9.17, 15) is 9.59 Å². The van der Waals surface area contributed by atoms with Crippen molar-refractivity contribution in [3.63, 3.8) is 0 Å². The number of nitrogens with one attached hydrogen (secondary N) is 1. The van der Waals surface area contributed by atoms with Gasteiger partial charge in [-0.1, -0.05) is 48.4 Å². The first-order chi connectivity index (χ1) is 14.3. The van der Waals surface area contributed by atoms with Crippen molar-refractivity contribution in [2.75, 3.05) is 13.2 Å². The number of rotatable bonds is 9. The molecule has 1 N–H and O–H groups in total. The van der Waals surface area contributed by atoms with Gasteiger partial charge in [0.2, 0.25) is 5.91 Å². The normalized spacial score (nSPS) is 11.7. The number of carbonyl (C=O) groups is 2. The number of nitrogens with zero attached hydrogens (tertiary/aromatic N) is 1. The number of benzene rings is 2. The maximum Gasteiger partial charge on any atom is 0.261 e. The molecular formula is C24H31ClN2O3. The van der Waals surface area contributed by atoms with Gasteiger partial charge in [-0.05, 0) is 62.9 Å². The smallest absolute Gasteiger partial charge is 0.261 e. The Bertz CT molecular complexity index is 875. The SMILES string of the molecule is CCNC(=O)[C@H](CC)N(Cc1cccc(C)c1)C(=O)COc1cc(C)c(Cl)c(C)c1. The first kappa shape index (κ1) is 23.7. The van der Waals surface area contributed by atoms with Crippen molar-refractivity contribution < 1.29 is 14.3 Å². The Morgan fingerprint density at radius 2 is 1.77 bits per heavy atom. The predicted octanol–water partition coefficient (Wildman–Crippen LogP) is 4.59. The molecule has 0 aromatic heterocycles. The number of carbonyl (C=O) groups excluding carboxylic acids is 2. The van der Waals surface area contributed by atoms with E-state index >= 15 is 0 Å². The predicted molar refractivity (Wildman–Crippen MR) is 121 cm³/mol. The molecule has 0 unspecified atom stereocenters. The van der Waals surface area contributed by atoms with Gasteiger partial charge < -0.3 is 15.0 Å². The molecule has 0 fully saturated rings. The molecule has 0 aliphatic carbocycles. The molecule has 2 aromatic rings. The van der Waals surface area contributed by atoms with Crippen molar-refractivity contribution in [1.82, 2.24) is 10.2 Å². The summed E-state index contributed by atoms with van der Waals surface area (Å²) in [6, 6.07) is 11.0. The third kappa shape index (κ3) is 6.23. The van der Waals surface area contributed by atoms with E-state index in [-0.39, 0.29) is 18.4 Å².